The van der Waals surface area contributed by atoms with Crippen molar-refractivity contribution >= 4 is 23.0 Å². The van der Waals surface area contributed by atoms with E-state index >= 15 is 0 Å². The van der Waals surface area contributed by atoms with Crippen LogP contribution in [0.4, 0.5) is 0 Å². The second-order valence-electron chi connectivity index (χ2n) is 1.75. The molecule has 1 aromatic carbocycles. The van der Waals surface area contributed by atoms with Crippen LogP contribution in [-0.2, 0) is 11.4 Å². The van der Waals surface area contributed by atoms with Crippen molar-refractivity contribution in [2.24, 2.45) is 5.14 Å². The molecule has 1 aromatic rings. The SMILES string of the molecule is N[S@+]([O-])c1cccc(Cl)c1. The molecule has 0 unspecified atom stereocenters. The average Bonchev–Trinajstić information content (AvgIpc) is 1.88. The average molecular weight is 176 g/mol. The van der Waals surface area contributed by atoms with E-state index in [1.54, 1.807) is 24.3 Å². The van der Waals surface area contributed by atoms with E-state index in [0.29, 0.717) is 9.92 Å². The minimum absolute atomic E-state index is 0.549. The molecule has 1 rings (SSSR count). The van der Waals surface area contributed by atoms with Gasteiger partial charge >= 0.3 is 0 Å². The highest BCUT2D eigenvalue weighted by Gasteiger charge is 2.03. The minimum atomic E-state index is -1.42. The molecule has 0 spiro atoms. The van der Waals surface area contributed by atoms with Gasteiger partial charge < -0.3 is 4.55 Å². The monoisotopic (exact) mass is 175 g/mol. The maximum Gasteiger partial charge on any atom is 0.175 e. The number of rotatable bonds is 1. The highest BCUT2D eigenvalue weighted by molar-refractivity contribution is 7.89. The Labute approximate surface area is 67.3 Å². The number of hydrogen-bond donors (Lipinski definition) is 1. The summed E-state index contributed by atoms with van der Waals surface area (Å²) in [5.41, 5.74) is 0. The van der Waals surface area contributed by atoms with Gasteiger partial charge in [-0.05, 0) is 12.1 Å². The van der Waals surface area contributed by atoms with E-state index in [0.717, 1.165) is 0 Å². The summed E-state index contributed by atoms with van der Waals surface area (Å²) in [7, 11) is 0. The van der Waals surface area contributed by atoms with Gasteiger partial charge in [-0.2, -0.15) is 0 Å². The molecule has 10 heavy (non-hydrogen) atoms. The molecule has 0 aliphatic rings. The van der Waals surface area contributed by atoms with E-state index in [2.05, 4.69) is 0 Å². The van der Waals surface area contributed by atoms with E-state index < -0.39 is 11.4 Å². The molecule has 0 aliphatic carbocycles. The van der Waals surface area contributed by atoms with Gasteiger partial charge in [0.15, 0.2) is 4.90 Å². The van der Waals surface area contributed by atoms with Crippen molar-refractivity contribution in [3.63, 3.8) is 0 Å². The predicted octanol–water partition coefficient (Wildman–Crippen LogP) is 1.32. The van der Waals surface area contributed by atoms with Gasteiger partial charge in [0.25, 0.3) is 0 Å². The maximum absolute atomic E-state index is 10.6. The van der Waals surface area contributed by atoms with Gasteiger partial charge in [0.2, 0.25) is 0 Å². The number of hydrogen-bond acceptors (Lipinski definition) is 2. The van der Waals surface area contributed by atoms with Crippen LogP contribution in [0.1, 0.15) is 0 Å². The molecule has 2 nitrogen and oxygen atoms in total. The van der Waals surface area contributed by atoms with Gasteiger partial charge in [0.05, 0.1) is 11.4 Å². The van der Waals surface area contributed by atoms with E-state index in [-0.39, 0.29) is 0 Å². The third-order valence-corrected chi connectivity index (χ3v) is 1.98. The predicted molar refractivity (Wildman–Crippen MR) is 42.0 cm³/mol. The Balaban J connectivity index is 2.96. The summed E-state index contributed by atoms with van der Waals surface area (Å²) < 4.78 is 10.6. The zero-order valence-electron chi connectivity index (χ0n) is 5.08. The third-order valence-electron chi connectivity index (χ3n) is 1.03. The quantitative estimate of drug-likeness (QED) is 0.655. The van der Waals surface area contributed by atoms with Gasteiger partial charge in [0.1, 0.15) is 0 Å². The van der Waals surface area contributed by atoms with E-state index in [1.807, 2.05) is 0 Å². The smallest absolute Gasteiger partial charge is 0.175 e. The van der Waals surface area contributed by atoms with Crippen LogP contribution in [0, 0.1) is 0 Å². The van der Waals surface area contributed by atoms with Crippen LogP contribution in [0.25, 0.3) is 0 Å². The lowest BCUT2D eigenvalue weighted by atomic mass is 10.4. The van der Waals surface area contributed by atoms with E-state index in [1.165, 1.54) is 0 Å². The lowest BCUT2D eigenvalue weighted by Crippen LogP contribution is -2.11. The third kappa shape index (κ3) is 1.88. The fourth-order valence-electron chi connectivity index (χ4n) is 0.592. The van der Waals surface area contributed by atoms with Gasteiger partial charge in [-0.25, -0.2) is 0 Å². The molecule has 0 saturated heterocycles. The summed E-state index contributed by atoms with van der Waals surface area (Å²) in [5.74, 6) is 0. The molecular weight excluding hydrogens is 170 g/mol. The molecule has 1 atom stereocenters. The van der Waals surface area contributed by atoms with Gasteiger partial charge in [-0.15, -0.1) is 5.14 Å². The summed E-state index contributed by atoms with van der Waals surface area (Å²) in [6.07, 6.45) is 0. The van der Waals surface area contributed by atoms with Gasteiger partial charge in [0, 0.05) is 11.1 Å². The Morgan fingerprint density at radius 2 is 2.20 bits per heavy atom. The summed E-state index contributed by atoms with van der Waals surface area (Å²) >= 11 is 4.18. The molecule has 0 saturated carbocycles. The highest BCUT2D eigenvalue weighted by Crippen LogP contribution is 2.13. The first-order valence-corrected chi connectivity index (χ1v) is 4.21. The highest BCUT2D eigenvalue weighted by atomic mass is 35.5. The lowest BCUT2D eigenvalue weighted by Gasteiger charge is -2.00. The van der Waals surface area contributed by atoms with Crippen LogP contribution in [-0.4, -0.2) is 4.55 Å². The first-order chi connectivity index (χ1) is 4.70. The zero-order valence-corrected chi connectivity index (χ0v) is 6.65. The molecule has 0 heterocycles. The molecule has 2 N–H and O–H groups in total. The van der Waals surface area contributed by atoms with Gasteiger partial charge in [-0.3, -0.25) is 0 Å². The topological polar surface area (TPSA) is 49.1 Å². The minimum Gasteiger partial charge on any atom is -0.593 e. The summed E-state index contributed by atoms with van der Waals surface area (Å²) in [5, 5.41) is 5.65. The Morgan fingerprint density at radius 3 is 2.60 bits per heavy atom. The Bertz CT molecular complexity index is 229. The van der Waals surface area contributed by atoms with Crippen LogP contribution >= 0.6 is 11.6 Å². The van der Waals surface area contributed by atoms with E-state index in [9.17, 15) is 4.55 Å². The second-order valence-corrected chi connectivity index (χ2v) is 3.26. The van der Waals surface area contributed by atoms with Crippen molar-refractivity contribution < 1.29 is 4.55 Å². The molecule has 4 heteroatoms. The summed E-state index contributed by atoms with van der Waals surface area (Å²) in [4.78, 5) is 0.549. The van der Waals surface area contributed by atoms with Crippen molar-refractivity contribution in [1.29, 1.82) is 0 Å². The Hall–Kier alpha value is -0.220. The molecule has 0 bridgehead atoms. The lowest BCUT2D eigenvalue weighted by molar-refractivity contribution is 0.596. The van der Waals surface area contributed by atoms with Crippen LogP contribution < -0.4 is 5.14 Å². The fraction of sp³-hybridized carbons (Fsp3) is 0. The molecule has 0 aromatic heterocycles. The van der Waals surface area contributed by atoms with Crippen molar-refractivity contribution in [2.45, 2.75) is 4.90 Å². The number of benzene rings is 1. The van der Waals surface area contributed by atoms with Crippen molar-refractivity contribution in [3.8, 4) is 0 Å². The van der Waals surface area contributed by atoms with Crippen LogP contribution in [0.15, 0.2) is 29.2 Å². The normalized spacial score (nSPS) is 13.1. The van der Waals surface area contributed by atoms with Crippen molar-refractivity contribution in [3.05, 3.63) is 29.3 Å². The number of nitrogens with two attached hydrogens (primary N) is 1. The molecule has 0 fully saturated rings. The standard InChI is InChI=1S/C6H6ClNOS/c7-5-2-1-3-6(4-5)10(8)9/h1-4H,8H2/t10-/m1/s1. The van der Waals surface area contributed by atoms with Crippen LogP contribution in [0.3, 0.4) is 0 Å². The van der Waals surface area contributed by atoms with Crippen molar-refractivity contribution in [1.82, 2.24) is 0 Å². The maximum atomic E-state index is 10.6. The largest absolute Gasteiger partial charge is 0.593 e. The number of halogens is 1. The van der Waals surface area contributed by atoms with Crippen LogP contribution in [0.5, 0.6) is 0 Å². The Morgan fingerprint density at radius 1 is 1.50 bits per heavy atom. The summed E-state index contributed by atoms with van der Waals surface area (Å²) in [6, 6.07) is 6.67. The van der Waals surface area contributed by atoms with Crippen molar-refractivity contribution in [2.75, 3.05) is 0 Å². The fourth-order valence-corrected chi connectivity index (χ4v) is 1.30. The molecule has 0 amide bonds. The van der Waals surface area contributed by atoms with E-state index in [4.69, 9.17) is 16.7 Å². The van der Waals surface area contributed by atoms with Crippen LogP contribution in [0.2, 0.25) is 5.02 Å². The summed E-state index contributed by atoms with van der Waals surface area (Å²) in [6.45, 7) is 0. The molecular formula is C6H6ClNOS. The second kappa shape index (κ2) is 3.25. The zero-order chi connectivity index (χ0) is 7.56. The molecule has 0 aliphatic heterocycles. The van der Waals surface area contributed by atoms with Gasteiger partial charge in [-0.1, -0.05) is 17.7 Å². The first-order valence-electron chi connectivity index (χ1n) is 2.62. The molecule has 0 radical (unpaired) electrons. The first kappa shape index (κ1) is 7.88. The Kier molecular flexibility index (Phi) is 2.56. The molecule has 54 valence electrons.